The molecule has 6 heterocycles. The number of rotatable bonds is 14. The van der Waals surface area contributed by atoms with Gasteiger partial charge in [0.15, 0.2) is 23.4 Å². The van der Waals surface area contributed by atoms with E-state index in [4.69, 9.17) is 52.1 Å². The Morgan fingerprint density at radius 3 is 1.14 bits per heavy atom. The van der Waals surface area contributed by atoms with Crippen molar-refractivity contribution in [1.29, 1.82) is 0 Å². The van der Waals surface area contributed by atoms with Gasteiger partial charge in [-0.2, -0.15) is 0 Å². The summed E-state index contributed by atoms with van der Waals surface area (Å²) in [6.07, 6.45) is 4.12. The minimum atomic E-state index is -1.15. The van der Waals surface area contributed by atoms with Crippen molar-refractivity contribution >= 4 is 59.7 Å². The van der Waals surface area contributed by atoms with Crippen LogP contribution in [-0.4, -0.2) is 131 Å². The number of cyclic esters (lactones) is 6. The van der Waals surface area contributed by atoms with Crippen molar-refractivity contribution in [3.05, 3.63) is 0 Å². The number of ether oxygens (including phenoxy) is 11. The van der Waals surface area contributed by atoms with Crippen molar-refractivity contribution in [1.82, 2.24) is 0 Å². The highest BCUT2D eigenvalue weighted by Gasteiger charge is 2.57. The Morgan fingerprint density at radius 1 is 0.467 bits per heavy atom. The maximum absolute atomic E-state index is 12.1. The predicted octanol–water partition coefficient (Wildman–Crippen LogP) is 13.9. The molecule has 6 saturated heterocycles. The Kier molecular flexibility index (Phi) is 33.4. The van der Waals surface area contributed by atoms with Crippen molar-refractivity contribution in [2.45, 2.75) is 332 Å². The average Bonchev–Trinajstić information content (AvgIpc) is 1.62. The molecule has 0 aromatic heterocycles. The van der Waals surface area contributed by atoms with E-state index < -0.39 is 73.4 Å². The third kappa shape index (κ3) is 24.9. The average molecular weight is 1290 g/mol. The number of carbonyl (C=O) groups is 10. The van der Waals surface area contributed by atoms with Gasteiger partial charge in [-0.1, -0.05) is 57.4 Å². The summed E-state index contributed by atoms with van der Waals surface area (Å²) in [5.41, 5.74) is -7.87. The normalized spacial score (nSPS) is 25.8. The summed E-state index contributed by atoms with van der Waals surface area (Å²) in [6.45, 7) is 50.4. The van der Waals surface area contributed by atoms with Crippen LogP contribution in [0.4, 0.5) is 0 Å². The Morgan fingerprint density at radius 2 is 0.856 bits per heavy atom. The third-order valence-corrected chi connectivity index (χ3v) is 17.2. The standard InChI is InChI=1S/C13H22O5.2C13H22O4.C12H20O4.C8H14O2.C6H10O2.4CH4/c1-6-12(2,3)11(15)17-9-7-10(14)18-13(9,4)8-16-5;1-7-11(2,3)9(14)17-13(6)8-12(4,5)16-10(13)15;1-7-11(2,3)10(15)17-13(6)8-9(14)16-12(13,4)5;1-6-11(2,3)10(14)15-8-7-9(13)16-12(8,4)5;1-7(2)5-8(3,4)10-6(7)9;1-6(2)3-4-8-5(6)7;;;;/h9H,6-8H2,1-5H3;2*7-8H2,1-6H3;8H,6-7H2,1-5H3;5H2,1-4H3;3-4H2,1-2H3;4*1H4. The zero-order valence-electron chi connectivity index (χ0n) is 57.7. The minimum Gasteiger partial charge on any atom is -0.465 e. The van der Waals surface area contributed by atoms with Crippen LogP contribution in [0.1, 0.15) is 281 Å². The van der Waals surface area contributed by atoms with Gasteiger partial charge in [-0.15, -0.1) is 0 Å². The molecule has 5 atom stereocenters. The summed E-state index contributed by atoms with van der Waals surface area (Å²) in [7, 11) is 1.52. The van der Waals surface area contributed by atoms with Crippen LogP contribution in [0, 0.1) is 32.5 Å². The molecular weight excluding hydrogens is 1160 g/mol. The van der Waals surface area contributed by atoms with E-state index in [9.17, 15) is 47.9 Å². The summed E-state index contributed by atoms with van der Waals surface area (Å²) >= 11 is 0. The first-order valence-corrected chi connectivity index (χ1v) is 30.1. The second kappa shape index (κ2) is 33.0. The number of carbonyl (C=O) groups excluding carboxylic acids is 10. The molecule has 528 valence electrons. The number of hydrogen-bond acceptors (Lipinski definition) is 21. The zero-order valence-corrected chi connectivity index (χ0v) is 57.7. The molecule has 21 nitrogen and oxygen atoms in total. The summed E-state index contributed by atoms with van der Waals surface area (Å²) < 4.78 is 57.3. The first kappa shape index (κ1) is 91.1. The molecule has 0 N–H and O–H groups in total. The van der Waals surface area contributed by atoms with Gasteiger partial charge in [0.1, 0.15) is 22.4 Å². The van der Waals surface area contributed by atoms with Gasteiger partial charge in [-0.3, -0.25) is 43.2 Å². The molecule has 0 spiro atoms. The minimum absolute atomic E-state index is 0. The van der Waals surface area contributed by atoms with E-state index in [0.29, 0.717) is 38.7 Å². The molecule has 0 aliphatic carbocycles. The number of methoxy groups -OCH3 is 1. The summed E-state index contributed by atoms with van der Waals surface area (Å²) in [6, 6.07) is 0. The van der Waals surface area contributed by atoms with Gasteiger partial charge in [-0.05, 0) is 191 Å². The lowest BCUT2D eigenvalue weighted by molar-refractivity contribution is -0.184. The van der Waals surface area contributed by atoms with E-state index in [1.54, 1.807) is 48.5 Å². The molecule has 0 aromatic rings. The third-order valence-electron chi connectivity index (χ3n) is 17.2. The molecule has 6 aliphatic rings. The molecule has 6 aliphatic heterocycles. The largest absolute Gasteiger partial charge is 0.465 e. The molecule has 0 bridgehead atoms. The Bertz CT molecular complexity index is 2460. The van der Waals surface area contributed by atoms with Crippen LogP contribution < -0.4 is 0 Å². The van der Waals surface area contributed by atoms with Crippen LogP contribution in [-0.2, 0) is 100 Å². The molecule has 5 unspecified atom stereocenters. The van der Waals surface area contributed by atoms with Crippen LogP contribution in [0.5, 0.6) is 0 Å². The highest BCUT2D eigenvalue weighted by molar-refractivity contribution is 5.87. The van der Waals surface area contributed by atoms with Crippen LogP contribution in [0.3, 0.4) is 0 Å². The van der Waals surface area contributed by atoms with Crippen molar-refractivity contribution < 1.29 is 100 Å². The highest BCUT2D eigenvalue weighted by atomic mass is 16.6. The zero-order chi connectivity index (χ0) is 67.7. The van der Waals surface area contributed by atoms with Crippen LogP contribution in [0.2, 0.25) is 0 Å². The van der Waals surface area contributed by atoms with E-state index in [0.717, 1.165) is 12.8 Å². The fraction of sp³-hybridized carbons (Fsp3) is 0.855. The lowest BCUT2D eigenvalue weighted by Gasteiger charge is -2.36. The number of esters is 10. The van der Waals surface area contributed by atoms with E-state index in [2.05, 4.69) is 0 Å². The first-order chi connectivity index (χ1) is 38.5. The van der Waals surface area contributed by atoms with Crippen molar-refractivity contribution in [2.24, 2.45) is 32.5 Å². The summed E-state index contributed by atoms with van der Waals surface area (Å²) in [5, 5.41) is 0. The summed E-state index contributed by atoms with van der Waals surface area (Å²) in [4.78, 5) is 115. The van der Waals surface area contributed by atoms with Crippen LogP contribution in [0.15, 0.2) is 0 Å². The van der Waals surface area contributed by atoms with Gasteiger partial charge in [0.05, 0.1) is 65.0 Å². The maximum atomic E-state index is 12.1. The molecule has 0 saturated carbocycles. The lowest BCUT2D eigenvalue weighted by Crippen LogP contribution is -2.49. The van der Waals surface area contributed by atoms with Crippen LogP contribution >= 0.6 is 0 Å². The Balaban J connectivity index is -0.000000496. The van der Waals surface area contributed by atoms with Gasteiger partial charge in [0, 0.05) is 20.0 Å². The maximum Gasteiger partial charge on any atom is 0.351 e. The summed E-state index contributed by atoms with van der Waals surface area (Å²) in [5.74, 6) is -2.79. The molecule has 0 aromatic carbocycles. The molecule has 90 heavy (non-hydrogen) atoms. The quantitative estimate of drug-likeness (QED) is 0.115. The van der Waals surface area contributed by atoms with E-state index in [1.807, 2.05) is 138 Å². The first-order valence-electron chi connectivity index (χ1n) is 30.1. The second-order valence-corrected chi connectivity index (χ2v) is 30.2. The molecule has 6 fully saturated rings. The van der Waals surface area contributed by atoms with Gasteiger partial charge < -0.3 is 52.1 Å². The fourth-order valence-corrected chi connectivity index (χ4v) is 8.82. The SMILES string of the molecule is C.C.C.C.CC1(C)CC(C)(C)C(=O)O1.CC1(C)CCOC1=O.CCC(C)(C)C(=O)OC1(C)CC(=O)OC1(C)C.CCC(C)(C)C(=O)OC1(C)CC(C)(C)OC1=O.CCC(C)(C)C(=O)OC1CC(=O)OC1(C)C.CCC(C)(C)C(=O)OC1CC(=O)OC1(C)COC. The molecule has 6 rings (SSSR count). The Hall–Kier alpha value is -5.34. The topological polar surface area (TPSA) is 272 Å². The van der Waals surface area contributed by atoms with E-state index in [1.165, 1.54) is 7.11 Å². The lowest BCUT2D eigenvalue weighted by atomic mass is 9.85. The Labute approximate surface area is 542 Å². The van der Waals surface area contributed by atoms with Crippen molar-refractivity contribution in [3.63, 3.8) is 0 Å². The fourth-order valence-electron chi connectivity index (χ4n) is 8.82. The van der Waals surface area contributed by atoms with Gasteiger partial charge in [-0.25, -0.2) is 4.79 Å². The molecule has 0 radical (unpaired) electrons. The number of hydrogen-bond donors (Lipinski definition) is 0. The van der Waals surface area contributed by atoms with Crippen LogP contribution in [0.25, 0.3) is 0 Å². The van der Waals surface area contributed by atoms with E-state index >= 15 is 0 Å². The predicted molar refractivity (Wildman–Crippen MR) is 345 cm³/mol. The molecule has 0 amide bonds. The smallest absolute Gasteiger partial charge is 0.351 e. The van der Waals surface area contributed by atoms with E-state index in [-0.39, 0.29) is 126 Å². The monoisotopic (exact) mass is 1290 g/mol. The highest BCUT2D eigenvalue weighted by Crippen LogP contribution is 2.43. The van der Waals surface area contributed by atoms with Crippen molar-refractivity contribution in [3.8, 4) is 0 Å². The second-order valence-electron chi connectivity index (χ2n) is 30.2. The molecular formula is C69H126O21. The molecule has 21 heteroatoms. The van der Waals surface area contributed by atoms with Gasteiger partial charge >= 0.3 is 59.7 Å². The van der Waals surface area contributed by atoms with Gasteiger partial charge in [0.2, 0.25) is 5.60 Å². The van der Waals surface area contributed by atoms with Crippen molar-refractivity contribution in [2.75, 3.05) is 20.3 Å². The van der Waals surface area contributed by atoms with Gasteiger partial charge in [0.25, 0.3) is 0 Å².